The number of hydrogen-bond acceptors (Lipinski definition) is 5. The van der Waals surface area contributed by atoms with Crippen LogP contribution in [0.25, 0.3) is 0 Å². The van der Waals surface area contributed by atoms with E-state index in [1.165, 1.54) is 24.3 Å². The predicted octanol–water partition coefficient (Wildman–Crippen LogP) is 6.15. The quantitative estimate of drug-likeness (QED) is 0.250. The zero-order valence-electron chi connectivity index (χ0n) is 19.0. The Labute approximate surface area is 205 Å². The third kappa shape index (κ3) is 6.73. The zero-order chi connectivity index (χ0) is 24.7. The first-order chi connectivity index (χ1) is 16.8. The zero-order valence-corrected chi connectivity index (χ0v) is 20.7. The van der Waals surface area contributed by atoms with E-state index in [1.807, 2.05) is 43.3 Å². The van der Waals surface area contributed by atoms with Crippen LogP contribution in [0.1, 0.15) is 11.1 Å². The summed E-state index contributed by atoms with van der Waals surface area (Å²) < 4.78 is 53.9. The summed E-state index contributed by atoms with van der Waals surface area (Å²) in [6.07, 6.45) is 0. The molecule has 0 heterocycles. The Balaban J connectivity index is 1.61. The second kappa shape index (κ2) is 10.8. The van der Waals surface area contributed by atoms with Crippen LogP contribution in [0.15, 0.2) is 114 Å². The molecule has 4 rings (SSSR count). The molecular formula is C26H25N2O5PS. The first kappa shape index (κ1) is 24.5. The van der Waals surface area contributed by atoms with Crippen molar-refractivity contribution in [2.45, 2.75) is 18.4 Å². The molecule has 0 aromatic heterocycles. The second-order valence-electron chi connectivity index (χ2n) is 7.73. The van der Waals surface area contributed by atoms with Gasteiger partial charge in [0.05, 0.1) is 10.6 Å². The Hall–Kier alpha value is -3.58. The predicted molar refractivity (Wildman–Crippen MR) is 137 cm³/mol. The van der Waals surface area contributed by atoms with Gasteiger partial charge in [0, 0.05) is 6.54 Å². The standard InChI is InChI=1S/C26H25N2O5PS/c1-21-16-18-24(19-17-21)35(30,31)28-25-14-8-9-15-26(25)33-34(29,32-23-12-6-3-7-13-23)27-20-22-10-4-2-5-11-22/h2-19,28H,20H2,1H3,(H,27,29). The molecule has 1 unspecified atom stereocenters. The molecule has 35 heavy (non-hydrogen) atoms. The van der Waals surface area contributed by atoms with Gasteiger partial charge in [-0.3, -0.25) is 4.72 Å². The van der Waals surface area contributed by atoms with Crippen molar-refractivity contribution >= 4 is 23.5 Å². The Morgan fingerprint density at radius 3 is 2.03 bits per heavy atom. The molecule has 0 radical (unpaired) electrons. The average molecular weight is 509 g/mol. The van der Waals surface area contributed by atoms with E-state index in [1.54, 1.807) is 48.5 Å². The van der Waals surface area contributed by atoms with E-state index in [9.17, 15) is 13.0 Å². The van der Waals surface area contributed by atoms with Crippen LogP contribution in [-0.4, -0.2) is 8.42 Å². The van der Waals surface area contributed by atoms with Crippen molar-refractivity contribution in [2.24, 2.45) is 0 Å². The lowest BCUT2D eigenvalue weighted by atomic mass is 10.2. The number of benzene rings is 4. The maximum Gasteiger partial charge on any atom is 0.513 e. The molecule has 4 aromatic carbocycles. The molecule has 0 fully saturated rings. The van der Waals surface area contributed by atoms with E-state index < -0.39 is 17.8 Å². The van der Waals surface area contributed by atoms with Gasteiger partial charge < -0.3 is 9.05 Å². The maximum absolute atomic E-state index is 13.8. The molecule has 0 saturated heterocycles. The second-order valence-corrected chi connectivity index (χ2v) is 11.1. The third-order valence-electron chi connectivity index (χ3n) is 4.97. The van der Waals surface area contributed by atoms with E-state index in [0.29, 0.717) is 5.75 Å². The van der Waals surface area contributed by atoms with Crippen LogP contribution in [0.2, 0.25) is 0 Å². The number of para-hydroxylation sites is 3. The Morgan fingerprint density at radius 2 is 1.34 bits per heavy atom. The molecule has 7 nitrogen and oxygen atoms in total. The largest absolute Gasteiger partial charge is 0.513 e. The summed E-state index contributed by atoms with van der Waals surface area (Å²) in [5, 5.41) is 2.87. The normalized spacial score (nSPS) is 12.9. The highest BCUT2D eigenvalue weighted by atomic mass is 32.2. The average Bonchev–Trinajstić information content (AvgIpc) is 2.85. The highest BCUT2D eigenvalue weighted by Gasteiger charge is 2.30. The van der Waals surface area contributed by atoms with E-state index in [0.717, 1.165) is 11.1 Å². The SMILES string of the molecule is Cc1ccc(S(=O)(=O)Nc2ccccc2OP(=O)(NCc2ccccc2)Oc2ccccc2)cc1. The van der Waals surface area contributed by atoms with E-state index >= 15 is 0 Å². The Bertz CT molecular complexity index is 1410. The Kier molecular flexibility index (Phi) is 7.56. The molecule has 0 spiro atoms. The lowest BCUT2D eigenvalue weighted by molar-refractivity contribution is 0.371. The summed E-state index contributed by atoms with van der Waals surface area (Å²) in [5.74, 6) is 0.400. The molecule has 180 valence electrons. The van der Waals surface area contributed by atoms with Crippen molar-refractivity contribution in [2.75, 3.05) is 4.72 Å². The molecule has 0 aliphatic carbocycles. The van der Waals surface area contributed by atoms with Gasteiger partial charge in [-0.2, -0.15) is 5.09 Å². The number of sulfonamides is 1. The van der Waals surface area contributed by atoms with Crippen LogP contribution in [-0.2, 0) is 21.1 Å². The summed E-state index contributed by atoms with van der Waals surface area (Å²) in [6.45, 7) is 2.09. The van der Waals surface area contributed by atoms with Crippen LogP contribution in [0, 0.1) is 6.92 Å². The molecule has 2 N–H and O–H groups in total. The monoisotopic (exact) mass is 508 g/mol. The van der Waals surface area contributed by atoms with E-state index in [2.05, 4.69) is 9.81 Å². The molecule has 4 aromatic rings. The van der Waals surface area contributed by atoms with Gasteiger partial charge in [-0.1, -0.05) is 78.4 Å². The number of nitrogens with one attached hydrogen (secondary N) is 2. The van der Waals surface area contributed by atoms with Crippen molar-refractivity contribution < 1.29 is 22.0 Å². The first-order valence-corrected chi connectivity index (χ1v) is 13.9. The molecule has 0 saturated carbocycles. The smallest absolute Gasteiger partial charge is 0.405 e. The van der Waals surface area contributed by atoms with Crippen LogP contribution >= 0.6 is 7.75 Å². The van der Waals surface area contributed by atoms with Crippen molar-refractivity contribution in [1.29, 1.82) is 0 Å². The molecular weight excluding hydrogens is 483 g/mol. The minimum atomic E-state index is -3.98. The highest BCUT2D eigenvalue weighted by Crippen LogP contribution is 2.47. The van der Waals surface area contributed by atoms with Crippen molar-refractivity contribution in [3.63, 3.8) is 0 Å². The topological polar surface area (TPSA) is 93.7 Å². The van der Waals surface area contributed by atoms with Gasteiger partial charge in [-0.25, -0.2) is 13.0 Å². The van der Waals surface area contributed by atoms with Crippen LogP contribution in [0.3, 0.4) is 0 Å². The fraction of sp³-hybridized carbons (Fsp3) is 0.0769. The molecule has 0 bridgehead atoms. The van der Waals surface area contributed by atoms with Crippen LogP contribution < -0.4 is 18.9 Å². The van der Waals surface area contributed by atoms with Gasteiger partial charge in [-0.15, -0.1) is 0 Å². The van der Waals surface area contributed by atoms with Crippen LogP contribution in [0.4, 0.5) is 5.69 Å². The van der Waals surface area contributed by atoms with Gasteiger partial charge >= 0.3 is 7.75 Å². The minimum absolute atomic E-state index is 0.0583. The van der Waals surface area contributed by atoms with Crippen LogP contribution in [0.5, 0.6) is 11.5 Å². The molecule has 0 aliphatic heterocycles. The van der Waals surface area contributed by atoms with Gasteiger partial charge in [-0.05, 0) is 48.9 Å². The van der Waals surface area contributed by atoms with E-state index in [-0.39, 0.29) is 22.9 Å². The lowest BCUT2D eigenvalue weighted by Gasteiger charge is -2.22. The summed E-state index contributed by atoms with van der Waals surface area (Å²) in [7, 11) is -7.89. The number of aryl methyl sites for hydroxylation is 1. The molecule has 9 heteroatoms. The van der Waals surface area contributed by atoms with Gasteiger partial charge in [0.15, 0.2) is 5.75 Å². The first-order valence-electron chi connectivity index (χ1n) is 10.8. The van der Waals surface area contributed by atoms with Gasteiger partial charge in [0.1, 0.15) is 5.75 Å². The van der Waals surface area contributed by atoms with E-state index in [4.69, 9.17) is 9.05 Å². The summed E-state index contributed by atoms with van der Waals surface area (Å²) in [4.78, 5) is 0.101. The summed E-state index contributed by atoms with van der Waals surface area (Å²) >= 11 is 0. The number of rotatable bonds is 10. The summed E-state index contributed by atoms with van der Waals surface area (Å²) in [6, 6.07) is 30.9. The van der Waals surface area contributed by atoms with Crippen molar-refractivity contribution in [1.82, 2.24) is 5.09 Å². The fourth-order valence-electron chi connectivity index (χ4n) is 3.17. The third-order valence-corrected chi connectivity index (χ3v) is 7.78. The number of hydrogen-bond donors (Lipinski definition) is 2. The van der Waals surface area contributed by atoms with Crippen molar-refractivity contribution in [3.05, 3.63) is 120 Å². The highest BCUT2D eigenvalue weighted by molar-refractivity contribution is 7.92. The lowest BCUT2D eigenvalue weighted by Crippen LogP contribution is -2.19. The minimum Gasteiger partial charge on any atom is -0.405 e. The summed E-state index contributed by atoms with van der Waals surface area (Å²) in [5.41, 5.74) is 1.95. The van der Waals surface area contributed by atoms with Gasteiger partial charge in [0.25, 0.3) is 10.0 Å². The molecule has 0 aliphatic rings. The van der Waals surface area contributed by atoms with Gasteiger partial charge in [0.2, 0.25) is 0 Å². The fourth-order valence-corrected chi connectivity index (χ4v) is 5.60. The molecule has 1 atom stereocenters. The Morgan fingerprint density at radius 1 is 0.743 bits per heavy atom. The molecule has 0 amide bonds. The van der Waals surface area contributed by atoms with Crippen molar-refractivity contribution in [3.8, 4) is 11.5 Å². The number of anilines is 1. The maximum atomic E-state index is 13.8.